The molecule has 0 aliphatic heterocycles. The van der Waals surface area contributed by atoms with Crippen molar-refractivity contribution in [3.63, 3.8) is 0 Å². The molecular formula is C15H21FN2O3. The van der Waals surface area contributed by atoms with E-state index in [1.807, 2.05) is 13.8 Å². The van der Waals surface area contributed by atoms with Crippen LogP contribution in [0.25, 0.3) is 0 Å². The van der Waals surface area contributed by atoms with Crippen molar-refractivity contribution in [2.75, 3.05) is 18.0 Å². The zero-order valence-electron chi connectivity index (χ0n) is 12.3. The molecule has 0 spiro atoms. The van der Waals surface area contributed by atoms with Gasteiger partial charge in [0.2, 0.25) is 0 Å². The average Bonchev–Trinajstić information content (AvgIpc) is 2.45. The topological polar surface area (TPSA) is 69.6 Å². The first-order valence-electron chi connectivity index (χ1n) is 7.00. The van der Waals surface area contributed by atoms with Crippen molar-refractivity contribution in [1.82, 2.24) is 5.32 Å². The summed E-state index contributed by atoms with van der Waals surface area (Å²) in [7, 11) is 0. The fourth-order valence-electron chi connectivity index (χ4n) is 2.00. The van der Waals surface area contributed by atoms with E-state index in [1.54, 1.807) is 0 Å². The number of urea groups is 1. The summed E-state index contributed by atoms with van der Waals surface area (Å²) in [5, 5.41) is 11.5. The molecule has 21 heavy (non-hydrogen) atoms. The fraction of sp³-hybridized carbons (Fsp3) is 0.467. The van der Waals surface area contributed by atoms with Crippen LogP contribution in [0.15, 0.2) is 24.3 Å². The molecule has 0 aliphatic carbocycles. The summed E-state index contributed by atoms with van der Waals surface area (Å²) in [6.45, 7) is 4.45. The van der Waals surface area contributed by atoms with E-state index in [2.05, 4.69) is 5.32 Å². The Hall–Kier alpha value is -2.11. The third kappa shape index (κ3) is 5.41. The summed E-state index contributed by atoms with van der Waals surface area (Å²) in [4.78, 5) is 24.3. The highest BCUT2D eigenvalue weighted by atomic mass is 19.1. The summed E-state index contributed by atoms with van der Waals surface area (Å²) < 4.78 is 12.9. The van der Waals surface area contributed by atoms with Gasteiger partial charge in [0.1, 0.15) is 5.82 Å². The quantitative estimate of drug-likeness (QED) is 0.813. The molecule has 1 aromatic rings. The number of benzene rings is 1. The Kier molecular flexibility index (Phi) is 6.65. The molecule has 1 rings (SSSR count). The molecule has 2 N–H and O–H groups in total. The number of hydrogen-bond donors (Lipinski definition) is 2. The molecule has 0 bridgehead atoms. The van der Waals surface area contributed by atoms with E-state index in [0.29, 0.717) is 25.2 Å². The van der Waals surface area contributed by atoms with Gasteiger partial charge in [-0.05, 0) is 37.1 Å². The van der Waals surface area contributed by atoms with E-state index in [1.165, 1.54) is 29.2 Å². The van der Waals surface area contributed by atoms with Gasteiger partial charge in [-0.2, -0.15) is 0 Å². The van der Waals surface area contributed by atoms with Gasteiger partial charge in [-0.15, -0.1) is 0 Å². The van der Waals surface area contributed by atoms with Crippen LogP contribution in [0.5, 0.6) is 0 Å². The molecule has 0 aliphatic rings. The number of amides is 2. The number of nitrogens with one attached hydrogen (secondary N) is 1. The minimum atomic E-state index is -0.873. The zero-order chi connectivity index (χ0) is 15.8. The van der Waals surface area contributed by atoms with Crippen LogP contribution in [0.1, 0.15) is 26.7 Å². The van der Waals surface area contributed by atoms with E-state index >= 15 is 0 Å². The van der Waals surface area contributed by atoms with Crippen LogP contribution in [0.2, 0.25) is 0 Å². The molecule has 1 atom stereocenters. The predicted molar refractivity (Wildman–Crippen MR) is 78.9 cm³/mol. The lowest BCUT2D eigenvalue weighted by Crippen LogP contribution is -2.42. The van der Waals surface area contributed by atoms with Crippen molar-refractivity contribution < 1.29 is 19.1 Å². The Morgan fingerprint density at radius 3 is 2.38 bits per heavy atom. The highest BCUT2D eigenvalue weighted by Crippen LogP contribution is 2.15. The summed E-state index contributed by atoms with van der Waals surface area (Å²) in [6, 6.07) is 5.35. The number of carboxylic acids is 1. The van der Waals surface area contributed by atoms with Gasteiger partial charge in [0.25, 0.3) is 0 Å². The van der Waals surface area contributed by atoms with Gasteiger partial charge in [-0.3, -0.25) is 9.69 Å². The summed E-state index contributed by atoms with van der Waals surface area (Å²) in [5.74, 6) is -1.33. The van der Waals surface area contributed by atoms with Crippen molar-refractivity contribution in [3.8, 4) is 0 Å². The van der Waals surface area contributed by atoms with Crippen molar-refractivity contribution >= 4 is 17.7 Å². The number of anilines is 1. The summed E-state index contributed by atoms with van der Waals surface area (Å²) in [6.07, 6.45) is 0.703. The van der Waals surface area contributed by atoms with Gasteiger partial charge >= 0.3 is 12.0 Å². The Morgan fingerprint density at radius 1 is 1.29 bits per heavy atom. The number of halogens is 1. The van der Waals surface area contributed by atoms with Crippen molar-refractivity contribution in [2.24, 2.45) is 5.92 Å². The second kappa shape index (κ2) is 8.24. The van der Waals surface area contributed by atoms with Gasteiger partial charge in [-0.25, -0.2) is 9.18 Å². The van der Waals surface area contributed by atoms with E-state index in [9.17, 15) is 14.0 Å². The Bertz CT molecular complexity index is 476. The zero-order valence-corrected chi connectivity index (χ0v) is 12.3. The van der Waals surface area contributed by atoms with Gasteiger partial charge in [0.15, 0.2) is 0 Å². The SMILES string of the molecule is CCC(CNC(=O)N(CC)c1ccc(F)cc1)CC(=O)O. The van der Waals surface area contributed by atoms with Gasteiger partial charge in [0.05, 0.1) is 0 Å². The summed E-state index contributed by atoms with van der Waals surface area (Å²) >= 11 is 0. The average molecular weight is 296 g/mol. The lowest BCUT2D eigenvalue weighted by molar-refractivity contribution is -0.138. The van der Waals surface area contributed by atoms with Gasteiger partial charge < -0.3 is 10.4 Å². The predicted octanol–water partition coefficient (Wildman–Crippen LogP) is 2.86. The van der Waals surface area contributed by atoms with Crippen LogP contribution in [0.3, 0.4) is 0 Å². The number of rotatable bonds is 7. The number of aliphatic carboxylic acids is 1. The third-order valence-corrected chi connectivity index (χ3v) is 3.28. The van der Waals surface area contributed by atoms with Crippen LogP contribution < -0.4 is 10.2 Å². The molecule has 0 saturated carbocycles. The number of carbonyl (C=O) groups excluding carboxylic acids is 1. The van der Waals surface area contributed by atoms with Crippen molar-refractivity contribution in [1.29, 1.82) is 0 Å². The lowest BCUT2D eigenvalue weighted by Gasteiger charge is -2.23. The van der Waals surface area contributed by atoms with E-state index < -0.39 is 5.97 Å². The molecule has 0 saturated heterocycles. The van der Waals surface area contributed by atoms with E-state index in [4.69, 9.17) is 5.11 Å². The first kappa shape index (κ1) is 16.9. The largest absolute Gasteiger partial charge is 0.481 e. The van der Waals surface area contributed by atoms with E-state index in [-0.39, 0.29) is 24.2 Å². The van der Waals surface area contributed by atoms with Gasteiger partial charge in [-0.1, -0.05) is 13.3 Å². The highest BCUT2D eigenvalue weighted by Gasteiger charge is 2.17. The molecule has 0 fully saturated rings. The molecule has 2 amide bonds. The maximum absolute atomic E-state index is 12.9. The molecule has 116 valence electrons. The number of nitrogens with zero attached hydrogens (tertiary/aromatic N) is 1. The fourth-order valence-corrected chi connectivity index (χ4v) is 2.00. The highest BCUT2D eigenvalue weighted by molar-refractivity contribution is 5.91. The number of hydrogen-bond acceptors (Lipinski definition) is 2. The van der Waals surface area contributed by atoms with Crippen molar-refractivity contribution in [2.45, 2.75) is 26.7 Å². The lowest BCUT2D eigenvalue weighted by atomic mass is 10.0. The Balaban J connectivity index is 2.63. The van der Waals surface area contributed by atoms with E-state index in [0.717, 1.165) is 0 Å². The van der Waals surface area contributed by atoms with Gasteiger partial charge in [0, 0.05) is 25.2 Å². The molecule has 0 aromatic heterocycles. The molecule has 0 heterocycles. The summed E-state index contributed by atoms with van der Waals surface area (Å²) in [5.41, 5.74) is 0.600. The minimum Gasteiger partial charge on any atom is -0.481 e. The van der Waals surface area contributed by atoms with Crippen LogP contribution in [-0.2, 0) is 4.79 Å². The second-order valence-corrected chi connectivity index (χ2v) is 4.78. The van der Waals surface area contributed by atoms with Crippen LogP contribution in [-0.4, -0.2) is 30.2 Å². The first-order chi connectivity index (χ1) is 9.97. The Labute approximate surface area is 123 Å². The number of carbonyl (C=O) groups is 2. The molecule has 0 radical (unpaired) electrons. The molecule has 1 unspecified atom stereocenters. The molecule has 5 nitrogen and oxygen atoms in total. The van der Waals surface area contributed by atoms with Crippen LogP contribution in [0.4, 0.5) is 14.9 Å². The number of carboxylic acid groups (broad SMARTS) is 1. The van der Waals surface area contributed by atoms with Crippen LogP contribution >= 0.6 is 0 Å². The minimum absolute atomic E-state index is 0.0272. The molecular weight excluding hydrogens is 275 g/mol. The third-order valence-electron chi connectivity index (χ3n) is 3.28. The normalized spacial score (nSPS) is 11.8. The smallest absolute Gasteiger partial charge is 0.321 e. The monoisotopic (exact) mass is 296 g/mol. The van der Waals surface area contributed by atoms with Crippen LogP contribution in [0, 0.1) is 11.7 Å². The standard InChI is InChI=1S/C15H21FN2O3/c1-3-11(9-14(19)20)10-17-15(21)18(4-2)13-7-5-12(16)6-8-13/h5-8,11H,3-4,9-10H2,1-2H3,(H,17,21)(H,19,20). The molecule has 6 heteroatoms. The van der Waals surface area contributed by atoms with Crippen molar-refractivity contribution in [3.05, 3.63) is 30.1 Å². The maximum Gasteiger partial charge on any atom is 0.321 e. The molecule has 1 aromatic carbocycles. The Morgan fingerprint density at radius 2 is 1.90 bits per heavy atom. The maximum atomic E-state index is 12.9. The first-order valence-corrected chi connectivity index (χ1v) is 7.00. The second-order valence-electron chi connectivity index (χ2n) is 4.78.